The van der Waals surface area contributed by atoms with Gasteiger partial charge in [0.05, 0.1) is 0 Å². The summed E-state index contributed by atoms with van der Waals surface area (Å²) in [5.41, 5.74) is 0. The van der Waals surface area contributed by atoms with Gasteiger partial charge in [0.1, 0.15) is 12.1 Å². The molecular weight excluding hydrogens is 316 g/mol. The van der Waals surface area contributed by atoms with Crippen molar-refractivity contribution < 1.29 is 30.0 Å². The summed E-state index contributed by atoms with van der Waals surface area (Å²) in [7, 11) is 0. The molecule has 6 N–H and O–H groups in total. The van der Waals surface area contributed by atoms with Crippen molar-refractivity contribution in [3.63, 3.8) is 0 Å². The molecule has 0 aromatic heterocycles. The first-order chi connectivity index (χ1) is 11.5. The average molecular weight is 348 g/mol. The molecule has 0 aromatic carbocycles. The summed E-state index contributed by atoms with van der Waals surface area (Å²) in [6, 6.07) is -0.537. The number of rotatable bonds is 7. The van der Waals surface area contributed by atoms with Gasteiger partial charge >= 0.3 is 11.9 Å². The summed E-state index contributed by atoms with van der Waals surface area (Å²) in [5.74, 6) is -1.44. The van der Waals surface area contributed by atoms with Crippen LogP contribution in [-0.2, 0) is 9.59 Å². The van der Waals surface area contributed by atoms with E-state index < -0.39 is 11.9 Å². The highest BCUT2D eigenvalue weighted by atomic mass is 16.4. The zero-order valence-corrected chi connectivity index (χ0v) is 14.2. The van der Waals surface area contributed by atoms with Crippen molar-refractivity contribution in [2.75, 3.05) is 26.3 Å². The van der Waals surface area contributed by atoms with Crippen molar-refractivity contribution in [2.24, 2.45) is 0 Å². The van der Waals surface area contributed by atoms with Crippen LogP contribution in [0.3, 0.4) is 0 Å². The van der Waals surface area contributed by atoms with Crippen molar-refractivity contribution in [3.05, 3.63) is 0 Å². The highest BCUT2D eigenvalue weighted by Crippen LogP contribution is 2.04. The summed E-state index contributed by atoms with van der Waals surface area (Å²) >= 11 is 0. The Morgan fingerprint density at radius 1 is 0.750 bits per heavy atom. The maximum atomic E-state index is 10.1. The van der Waals surface area contributed by atoms with Gasteiger partial charge in [-0.3, -0.25) is 9.59 Å². The highest BCUT2D eigenvalue weighted by molar-refractivity contribution is 5.74. The van der Waals surface area contributed by atoms with E-state index >= 15 is 0 Å². The molecule has 2 aliphatic heterocycles. The number of nitrogens with one attached hydrogen (secondary N) is 2. The third-order valence-corrected chi connectivity index (χ3v) is 3.78. The summed E-state index contributed by atoms with van der Waals surface area (Å²) < 4.78 is 0. The topological polar surface area (TPSA) is 139 Å². The molecule has 2 atom stereocenters. The van der Waals surface area contributed by atoms with E-state index in [1.54, 1.807) is 0 Å². The van der Waals surface area contributed by atoms with Crippen molar-refractivity contribution in [1.82, 2.24) is 10.6 Å². The normalized spacial score (nSPS) is 22.1. The van der Waals surface area contributed by atoms with Crippen LogP contribution in [0.2, 0.25) is 0 Å². The summed E-state index contributed by atoms with van der Waals surface area (Å²) in [4.78, 5) is 20.3. The Morgan fingerprint density at radius 2 is 1.12 bits per heavy atom. The molecule has 2 aliphatic rings. The average Bonchev–Trinajstić information content (AvgIpc) is 3.26. The van der Waals surface area contributed by atoms with Crippen LogP contribution < -0.4 is 10.6 Å². The molecule has 0 radical (unpaired) electrons. The lowest BCUT2D eigenvalue weighted by Gasteiger charge is -1.99. The Morgan fingerprint density at radius 3 is 1.29 bits per heavy atom. The Bertz CT molecular complexity index is 297. The molecule has 8 heteroatoms. The van der Waals surface area contributed by atoms with Gasteiger partial charge in [0.25, 0.3) is 0 Å². The number of hydrogen-bond acceptors (Lipinski definition) is 6. The predicted octanol–water partition coefficient (Wildman–Crippen LogP) is 0.177. The molecule has 2 heterocycles. The number of aliphatic hydroxyl groups excluding tert-OH is 2. The molecule has 142 valence electrons. The Labute approximate surface area is 143 Å². The van der Waals surface area contributed by atoms with Crippen LogP contribution >= 0.6 is 0 Å². The molecular formula is C16H32N2O6. The minimum absolute atomic E-state index is 0.269. The van der Waals surface area contributed by atoms with Crippen LogP contribution in [0.15, 0.2) is 0 Å². The van der Waals surface area contributed by atoms with Gasteiger partial charge in [-0.25, -0.2) is 0 Å². The Hall–Kier alpha value is -1.22. The fourth-order valence-corrected chi connectivity index (χ4v) is 2.37. The van der Waals surface area contributed by atoms with Gasteiger partial charge in [0.15, 0.2) is 0 Å². The molecule has 0 aliphatic carbocycles. The maximum absolute atomic E-state index is 10.1. The number of hydrogen-bond donors (Lipinski definition) is 6. The van der Waals surface area contributed by atoms with Crippen molar-refractivity contribution in [2.45, 2.75) is 63.5 Å². The van der Waals surface area contributed by atoms with Crippen molar-refractivity contribution in [3.8, 4) is 0 Å². The lowest BCUT2D eigenvalue weighted by atomic mass is 10.2. The molecule has 24 heavy (non-hydrogen) atoms. The van der Waals surface area contributed by atoms with E-state index in [0.717, 1.165) is 64.5 Å². The maximum Gasteiger partial charge on any atom is 0.320 e. The molecule has 2 saturated heterocycles. The first kappa shape index (κ1) is 22.8. The fraction of sp³-hybridized carbons (Fsp3) is 0.875. The predicted molar refractivity (Wildman–Crippen MR) is 90.0 cm³/mol. The second-order valence-electron chi connectivity index (χ2n) is 5.84. The number of carboxylic acids is 2. The first-order valence-corrected chi connectivity index (χ1v) is 8.67. The van der Waals surface area contributed by atoms with Gasteiger partial charge in [0.2, 0.25) is 0 Å². The fourth-order valence-electron chi connectivity index (χ4n) is 2.37. The van der Waals surface area contributed by atoms with Gasteiger partial charge in [-0.1, -0.05) is 12.8 Å². The molecule has 0 spiro atoms. The standard InChI is InChI=1S/C6H14O2.2C5H9NO2/c7-5-3-1-2-4-6-8;2*7-5(8)4-2-1-3-6-4/h7-8H,1-6H2;2*4,6H,1-3H2,(H,7,8)/t;2*4-/m.00/s1. The third kappa shape index (κ3) is 12.2. The first-order valence-electron chi connectivity index (χ1n) is 8.67. The lowest BCUT2D eigenvalue weighted by Crippen LogP contribution is -2.29. The van der Waals surface area contributed by atoms with Crippen LogP contribution in [0.25, 0.3) is 0 Å². The largest absolute Gasteiger partial charge is 0.480 e. The van der Waals surface area contributed by atoms with Crippen LogP contribution in [0.4, 0.5) is 0 Å². The molecule has 0 bridgehead atoms. The second-order valence-corrected chi connectivity index (χ2v) is 5.84. The second kappa shape index (κ2) is 15.3. The number of aliphatic hydroxyl groups is 2. The number of unbranched alkanes of at least 4 members (excludes halogenated alkanes) is 3. The van der Waals surface area contributed by atoms with Crippen LogP contribution in [-0.4, -0.2) is 70.8 Å². The smallest absolute Gasteiger partial charge is 0.320 e. The Kier molecular flexibility index (Phi) is 14.5. The van der Waals surface area contributed by atoms with Crippen LogP contribution in [0.1, 0.15) is 51.4 Å². The van der Waals surface area contributed by atoms with Gasteiger partial charge < -0.3 is 31.1 Å². The van der Waals surface area contributed by atoms with Gasteiger partial charge in [-0.05, 0) is 51.6 Å². The minimum atomic E-state index is -0.720. The van der Waals surface area contributed by atoms with Crippen LogP contribution in [0.5, 0.6) is 0 Å². The number of carbonyl (C=O) groups is 2. The number of carboxylic acid groups (broad SMARTS) is 2. The van der Waals surface area contributed by atoms with E-state index in [1.807, 2.05) is 0 Å². The minimum Gasteiger partial charge on any atom is -0.480 e. The van der Waals surface area contributed by atoms with E-state index in [4.69, 9.17) is 20.4 Å². The molecule has 8 nitrogen and oxygen atoms in total. The van der Waals surface area contributed by atoms with E-state index in [0.29, 0.717) is 0 Å². The van der Waals surface area contributed by atoms with Gasteiger partial charge in [0, 0.05) is 13.2 Å². The third-order valence-electron chi connectivity index (χ3n) is 3.78. The van der Waals surface area contributed by atoms with Gasteiger partial charge in [-0.15, -0.1) is 0 Å². The summed E-state index contributed by atoms with van der Waals surface area (Å²) in [5, 5.41) is 39.0. The quantitative estimate of drug-likeness (QED) is 0.358. The zero-order valence-electron chi connectivity index (χ0n) is 14.2. The monoisotopic (exact) mass is 348 g/mol. The van der Waals surface area contributed by atoms with E-state index in [9.17, 15) is 9.59 Å². The molecule has 2 rings (SSSR count). The van der Waals surface area contributed by atoms with Crippen LogP contribution in [0, 0.1) is 0 Å². The molecule has 0 amide bonds. The molecule has 0 saturated carbocycles. The van der Waals surface area contributed by atoms with Crippen molar-refractivity contribution in [1.29, 1.82) is 0 Å². The lowest BCUT2D eigenvalue weighted by molar-refractivity contribution is -0.140. The van der Waals surface area contributed by atoms with E-state index in [2.05, 4.69) is 10.6 Å². The Balaban J connectivity index is 0.000000331. The summed E-state index contributed by atoms with van der Waals surface area (Å²) in [6.07, 6.45) is 7.40. The SMILES string of the molecule is O=C(O)[C@@H]1CCCN1.O=C(O)[C@@H]1CCCN1.OCCCCCCO. The molecule has 0 aromatic rings. The van der Waals surface area contributed by atoms with E-state index in [1.165, 1.54) is 0 Å². The molecule has 0 unspecified atom stereocenters. The number of aliphatic carboxylic acids is 2. The van der Waals surface area contributed by atoms with Gasteiger partial charge in [-0.2, -0.15) is 0 Å². The van der Waals surface area contributed by atoms with Crippen molar-refractivity contribution >= 4 is 11.9 Å². The zero-order chi connectivity index (χ0) is 18.2. The highest BCUT2D eigenvalue weighted by Gasteiger charge is 2.20. The summed E-state index contributed by atoms with van der Waals surface area (Å²) in [6.45, 7) is 2.28. The molecule has 2 fully saturated rings. The van der Waals surface area contributed by atoms with E-state index in [-0.39, 0.29) is 25.3 Å².